The van der Waals surface area contributed by atoms with Crippen molar-refractivity contribution in [3.8, 4) is 11.5 Å². The predicted molar refractivity (Wildman–Crippen MR) is 117 cm³/mol. The van der Waals surface area contributed by atoms with Crippen molar-refractivity contribution in [1.82, 2.24) is 20.2 Å². The van der Waals surface area contributed by atoms with E-state index in [0.717, 1.165) is 29.1 Å². The molecule has 9 nitrogen and oxygen atoms in total. The molecule has 0 aliphatic carbocycles. The highest BCUT2D eigenvalue weighted by molar-refractivity contribution is 7.98. The minimum Gasteiger partial charge on any atom is -0.454 e. The first-order valence-electron chi connectivity index (χ1n) is 9.35. The number of benzene rings is 2. The van der Waals surface area contributed by atoms with Crippen molar-refractivity contribution in [3.63, 3.8) is 0 Å². The molecule has 0 saturated carbocycles. The van der Waals surface area contributed by atoms with E-state index in [2.05, 4.69) is 20.7 Å². The number of rotatable bonds is 6. The molecule has 0 spiro atoms. The Morgan fingerprint density at radius 2 is 1.87 bits per heavy atom. The first-order chi connectivity index (χ1) is 15.1. The average Bonchev–Trinajstić information content (AvgIpc) is 3.45. The van der Waals surface area contributed by atoms with Crippen molar-refractivity contribution in [1.29, 1.82) is 0 Å². The standard InChI is InChI=1S/C20H19N5O3S.CH4O/c1-13(16-7-8-17-18(9-16)28-12-27-17)22-23-19(26)15-5-3-14(4-6-15)10-29-20-24-21-11-25(20)2;1-2/h3-9,11H,10,12H2,1-2H3,(H,23,26);2H,1H3. The van der Waals surface area contributed by atoms with Gasteiger partial charge in [0.05, 0.1) is 5.71 Å². The Morgan fingerprint density at radius 3 is 2.58 bits per heavy atom. The monoisotopic (exact) mass is 441 g/mol. The molecule has 0 bridgehead atoms. The number of hydrazone groups is 1. The molecule has 2 heterocycles. The van der Waals surface area contributed by atoms with Crippen molar-refractivity contribution in [2.24, 2.45) is 12.1 Å². The van der Waals surface area contributed by atoms with Crippen molar-refractivity contribution in [3.05, 3.63) is 65.5 Å². The van der Waals surface area contributed by atoms with Gasteiger partial charge in [-0.05, 0) is 42.8 Å². The number of fused-ring (bicyclic) bond motifs is 1. The number of thioether (sulfide) groups is 1. The highest BCUT2D eigenvalue weighted by Crippen LogP contribution is 2.32. The third-order valence-corrected chi connectivity index (χ3v) is 5.47. The first kappa shape index (κ1) is 22.3. The minimum absolute atomic E-state index is 0.221. The second-order valence-electron chi connectivity index (χ2n) is 6.42. The largest absolute Gasteiger partial charge is 0.454 e. The lowest BCUT2D eigenvalue weighted by Crippen LogP contribution is -2.19. The van der Waals surface area contributed by atoms with Crippen LogP contribution in [0.25, 0.3) is 0 Å². The summed E-state index contributed by atoms with van der Waals surface area (Å²) >= 11 is 1.59. The van der Waals surface area contributed by atoms with Crippen molar-refractivity contribution >= 4 is 23.4 Å². The number of carbonyl (C=O) groups excluding carboxylic acids is 1. The van der Waals surface area contributed by atoms with Crippen LogP contribution in [0.15, 0.2) is 59.0 Å². The van der Waals surface area contributed by atoms with Gasteiger partial charge in [0.2, 0.25) is 6.79 Å². The van der Waals surface area contributed by atoms with E-state index in [1.807, 2.05) is 48.9 Å². The summed E-state index contributed by atoms with van der Waals surface area (Å²) in [4.78, 5) is 12.4. The summed E-state index contributed by atoms with van der Waals surface area (Å²) in [6, 6.07) is 13.0. The maximum Gasteiger partial charge on any atom is 0.271 e. The van der Waals surface area contributed by atoms with E-state index in [4.69, 9.17) is 14.6 Å². The molecule has 1 aliphatic heterocycles. The molecule has 2 aromatic carbocycles. The van der Waals surface area contributed by atoms with Crippen molar-refractivity contribution in [2.75, 3.05) is 13.9 Å². The van der Waals surface area contributed by atoms with Gasteiger partial charge in [0.25, 0.3) is 5.91 Å². The van der Waals surface area contributed by atoms with Crippen LogP contribution in [0, 0.1) is 0 Å². The third-order valence-electron chi connectivity index (χ3n) is 4.37. The fourth-order valence-corrected chi connectivity index (χ4v) is 3.53. The van der Waals surface area contributed by atoms with Crippen LogP contribution in [0.4, 0.5) is 0 Å². The summed E-state index contributed by atoms with van der Waals surface area (Å²) in [7, 11) is 2.90. The Labute approximate surface area is 184 Å². The number of nitrogens with one attached hydrogen (secondary N) is 1. The van der Waals surface area contributed by atoms with E-state index in [9.17, 15) is 4.79 Å². The SMILES string of the molecule is CC(=NNC(=O)c1ccc(CSc2nncn2C)cc1)c1ccc2c(c1)OCO2.CO. The molecule has 1 aliphatic rings. The second-order valence-corrected chi connectivity index (χ2v) is 7.36. The zero-order valence-electron chi connectivity index (χ0n) is 17.4. The second kappa shape index (κ2) is 10.6. The molecule has 0 atom stereocenters. The summed E-state index contributed by atoms with van der Waals surface area (Å²) in [6.45, 7) is 2.05. The lowest BCUT2D eigenvalue weighted by Gasteiger charge is -2.05. The summed E-state index contributed by atoms with van der Waals surface area (Å²) < 4.78 is 12.5. The number of aromatic nitrogens is 3. The quantitative estimate of drug-likeness (QED) is 0.344. The van der Waals surface area contributed by atoms with Crippen molar-refractivity contribution in [2.45, 2.75) is 17.8 Å². The van der Waals surface area contributed by atoms with Crippen LogP contribution in [-0.2, 0) is 12.8 Å². The van der Waals surface area contributed by atoms with E-state index in [-0.39, 0.29) is 12.7 Å². The molecule has 0 unspecified atom stereocenters. The molecule has 162 valence electrons. The van der Waals surface area contributed by atoms with Crippen LogP contribution >= 0.6 is 11.8 Å². The third kappa shape index (κ3) is 5.62. The van der Waals surface area contributed by atoms with Gasteiger partial charge in [0.1, 0.15) is 6.33 Å². The van der Waals surface area contributed by atoms with E-state index in [1.54, 1.807) is 30.2 Å². The summed E-state index contributed by atoms with van der Waals surface area (Å²) in [5.74, 6) is 1.87. The van der Waals surface area contributed by atoms with E-state index >= 15 is 0 Å². The number of carbonyl (C=O) groups is 1. The number of aryl methyl sites for hydroxylation is 1. The fraction of sp³-hybridized carbons (Fsp3) is 0.238. The topological polar surface area (TPSA) is 111 Å². The van der Waals surface area contributed by atoms with Gasteiger partial charge >= 0.3 is 0 Å². The summed E-state index contributed by atoms with van der Waals surface area (Å²) in [5, 5.41) is 19.9. The molecule has 4 rings (SSSR count). The Morgan fingerprint density at radius 1 is 1.16 bits per heavy atom. The van der Waals surface area contributed by atoms with Crippen LogP contribution in [0.3, 0.4) is 0 Å². The van der Waals surface area contributed by atoms with E-state index < -0.39 is 0 Å². The normalized spacial score (nSPS) is 12.2. The molecule has 10 heteroatoms. The number of aliphatic hydroxyl groups excluding tert-OH is 1. The predicted octanol–water partition coefficient (Wildman–Crippen LogP) is 2.60. The number of hydrogen-bond acceptors (Lipinski definition) is 8. The summed E-state index contributed by atoms with van der Waals surface area (Å²) in [6.07, 6.45) is 1.67. The average molecular weight is 442 g/mol. The van der Waals surface area contributed by atoms with Crippen LogP contribution in [-0.4, -0.2) is 45.4 Å². The van der Waals surface area contributed by atoms with Crippen LogP contribution in [0.1, 0.15) is 28.4 Å². The van der Waals surface area contributed by atoms with Gasteiger partial charge in [-0.25, -0.2) is 5.43 Å². The van der Waals surface area contributed by atoms with Crippen LogP contribution in [0.2, 0.25) is 0 Å². The Hall–Kier alpha value is -3.37. The molecule has 0 saturated heterocycles. The lowest BCUT2D eigenvalue weighted by atomic mass is 10.1. The maximum absolute atomic E-state index is 12.4. The smallest absolute Gasteiger partial charge is 0.271 e. The van der Waals surface area contributed by atoms with Gasteiger partial charge in [-0.2, -0.15) is 5.10 Å². The minimum atomic E-state index is -0.266. The molecule has 31 heavy (non-hydrogen) atoms. The molecule has 3 aromatic rings. The Bertz CT molecular complexity index is 1070. The first-order valence-corrected chi connectivity index (χ1v) is 10.3. The molecular weight excluding hydrogens is 418 g/mol. The van der Waals surface area contributed by atoms with Gasteiger partial charge in [-0.1, -0.05) is 23.9 Å². The van der Waals surface area contributed by atoms with Gasteiger partial charge in [0, 0.05) is 31.0 Å². The van der Waals surface area contributed by atoms with Crippen LogP contribution < -0.4 is 14.9 Å². The molecule has 0 fully saturated rings. The van der Waals surface area contributed by atoms with Crippen LogP contribution in [0.5, 0.6) is 11.5 Å². The molecular formula is C21H23N5O4S. The number of amides is 1. The number of nitrogens with zero attached hydrogens (tertiary/aromatic N) is 4. The Balaban J connectivity index is 0.00000132. The molecule has 2 N–H and O–H groups in total. The Kier molecular flexibility index (Phi) is 7.63. The highest BCUT2D eigenvalue weighted by atomic mass is 32.2. The van der Waals surface area contributed by atoms with Gasteiger partial charge < -0.3 is 19.1 Å². The fourth-order valence-electron chi connectivity index (χ4n) is 2.69. The lowest BCUT2D eigenvalue weighted by molar-refractivity contribution is 0.0955. The van der Waals surface area contributed by atoms with Crippen molar-refractivity contribution < 1.29 is 19.4 Å². The van der Waals surface area contributed by atoms with E-state index in [1.165, 1.54) is 0 Å². The summed E-state index contributed by atoms with van der Waals surface area (Å²) in [5.41, 5.74) is 5.76. The maximum atomic E-state index is 12.4. The highest BCUT2D eigenvalue weighted by Gasteiger charge is 2.14. The molecule has 1 amide bonds. The zero-order valence-corrected chi connectivity index (χ0v) is 18.2. The van der Waals surface area contributed by atoms with Gasteiger partial charge in [-0.15, -0.1) is 10.2 Å². The number of ether oxygens (including phenoxy) is 2. The van der Waals surface area contributed by atoms with E-state index in [0.29, 0.717) is 22.8 Å². The van der Waals surface area contributed by atoms with Gasteiger partial charge in [-0.3, -0.25) is 4.79 Å². The zero-order chi connectivity index (χ0) is 22.2. The molecule has 1 aromatic heterocycles. The van der Waals surface area contributed by atoms with Gasteiger partial charge in [0.15, 0.2) is 16.7 Å². The number of hydrogen-bond donors (Lipinski definition) is 2. The molecule has 0 radical (unpaired) electrons. The number of aliphatic hydroxyl groups is 1.